The lowest BCUT2D eigenvalue weighted by Gasteiger charge is -1.98. The number of aromatic nitrogens is 2. The van der Waals surface area contributed by atoms with Gasteiger partial charge in [0.25, 0.3) is 0 Å². The molecule has 1 rings (SSSR count). The van der Waals surface area contributed by atoms with E-state index in [0.29, 0.717) is 11.7 Å². The molecule has 1 aromatic heterocycles. The third kappa shape index (κ3) is 6.50. The van der Waals surface area contributed by atoms with Crippen LogP contribution in [-0.4, -0.2) is 21.2 Å². The number of rotatable bonds is 11. The molecule has 1 N–H and O–H groups in total. The van der Waals surface area contributed by atoms with Crippen molar-refractivity contribution in [2.45, 2.75) is 64.7 Å². The van der Waals surface area contributed by atoms with Crippen LogP contribution in [0.5, 0.6) is 0 Å². The Hall–Kier alpha value is -1.65. The van der Waals surface area contributed by atoms with Crippen molar-refractivity contribution in [3.8, 4) is 0 Å². The molecule has 0 atom stereocenters. The fourth-order valence-electron chi connectivity index (χ4n) is 1.96. The van der Waals surface area contributed by atoms with Gasteiger partial charge in [0.05, 0.1) is 6.42 Å². The minimum absolute atomic E-state index is 0.0659. The van der Waals surface area contributed by atoms with E-state index in [0.717, 1.165) is 12.8 Å². The maximum atomic E-state index is 10.6. The molecule has 5 heteroatoms. The highest BCUT2D eigenvalue weighted by Crippen LogP contribution is 2.10. The molecule has 0 fully saturated rings. The SMILES string of the molecule is C=C(Cc1nc(CCCCCCCCC)no1)C(=O)O. The zero-order valence-corrected chi connectivity index (χ0v) is 12.2. The van der Waals surface area contributed by atoms with Crippen LogP contribution >= 0.6 is 0 Å². The summed E-state index contributed by atoms with van der Waals surface area (Å²) < 4.78 is 5.01. The fourth-order valence-corrected chi connectivity index (χ4v) is 1.96. The second-order valence-corrected chi connectivity index (χ2v) is 5.06. The molecule has 0 radical (unpaired) electrons. The number of hydrogen-bond donors (Lipinski definition) is 1. The first-order chi connectivity index (χ1) is 9.63. The zero-order chi connectivity index (χ0) is 14.8. The third-order valence-corrected chi connectivity index (χ3v) is 3.18. The largest absolute Gasteiger partial charge is 0.478 e. The van der Waals surface area contributed by atoms with E-state index in [4.69, 9.17) is 9.63 Å². The molecule has 0 aliphatic carbocycles. The minimum Gasteiger partial charge on any atom is -0.478 e. The van der Waals surface area contributed by atoms with Gasteiger partial charge in [0.15, 0.2) is 5.82 Å². The molecule has 0 bridgehead atoms. The predicted molar refractivity (Wildman–Crippen MR) is 76.5 cm³/mol. The van der Waals surface area contributed by atoms with Gasteiger partial charge in [0.2, 0.25) is 5.89 Å². The van der Waals surface area contributed by atoms with E-state index < -0.39 is 5.97 Å². The Morgan fingerprint density at radius 3 is 2.50 bits per heavy atom. The average molecular weight is 280 g/mol. The molecule has 0 saturated carbocycles. The molecule has 20 heavy (non-hydrogen) atoms. The van der Waals surface area contributed by atoms with Gasteiger partial charge in [0.1, 0.15) is 0 Å². The summed E-state index contributed by atoms with van der Waals surface area (Å²) in [5.41, 5.74) is 0.0659. The van der Waals surface area contributed by atoms with Crippen LogP contribution in [0.15, 0.2) is 16.7 Å². The van der Waals surface area contributed by atoms with Gasteiger partial charge >= 0.3 is 5.97 Å². The summed E-state index contributed by atoms with van der Waals surface area (Å²) in [6.07, 6.45) is 9.58. The van der Waals surface area contributed by atoms with E-state index in [9.17, 15) is 4.79 Å². The quantitative estimate of drug-likeness (QED) is 0.495. The zero-order valence-electron chi connectivity index (χ0n) is 12.2. The second kappa shape index (κ2) is 9.28. The Morgan fingerprint density at radius 1 is 1.20 bits per heavy atom. The van der Waals surface area contributed by atoms with Crippen molar-refractivity contribution in [3.05, 3.63) is 23.9 Å². The first-order valence-electron chi connectivity index (χ1n) is 7.36. The molecular weight excluding hydrogens is 256 g/mol. The van der Waals surface area contributed by atoms with Crippen molar-refractivity contribution in [3.63, 3.8) is 0 Å². The molecule has 0 aliphatic heterocycles. The van der Waals surface area contributed by atoms with Crippen LogP contribution in [-0.2, 0) is 17.6 Å². The maximum absolute atomic E-state index is 10.6. The van der Waals surface area contributed by atoms with Crippen molar-refractivity contribution in [1.82, 2.24) is 10.1 Å². The van der Waals surface area contributed by atoms with Gasteiger partial charge < -0.3 is 9.63 Å². The van der Waals surface area contributed by atoms with Gasteiger partial charge in [-0.2, -0.15) is 4.98 Å². The molecule has 1 heterocycles. The molecule has 0 spiro atoms. The Kier molecular flexibility index (Phi) is 7.62. The number of carboxylic acid groups (broad SMARTS) is 1. The number of hydrogen-bond acceptors (Lipinski definition) is 4. The first-order valence-corrected chi connectivity index (χ1v) is 7.36. The van der Waals surface area contributed by atoms with Crippen LogP contribution < -0.4 is 0 Å². The molecule has 5 nitrogen and oxygen atoms in total. The molecule has 1 aromatic rings. The van der Waals surface area contributed by atoms with Gasteiger partial charge in [-0.05, 0) is 6.42 Å². The standard InChI is InChI=1S/C15H24N2O3/c1-3-4-5-6-7-8-9-10-13-16-14(20-17-13)11-12(2)15(18)19/h2-11H2,1H3,(H,18,19). The Morgan fingerprint density at radius 2 is 1.85 bits per heavy atom. The van der Waals surface area contributed by atoms with Crippen LogP contribution in [0.4, 0.5) is 0 Å². The highest BCUT2D eigenvalue weighted by Gasteiger charge is 2.11. The Bertz CT molecular complexity index is 427. The van der Waals surface area contributed by atoms with Gasteiger partial charge in [-0.15, -0.1) is 0 Å². The van der Waals surface area contributed by atoms with E-state index in [1.54, 1.807) is 0 Å². The van der Waals surface area contributed by atoms with Crippen LogP contribution in [0, 0.1) is 0 Å². The number of nitrogens with zero attached hydrogens (tertiary/aromatic N) is 2. The van der Waals surface area contributed by atoms with Crippen LogP contribution in [0.1, 0.15) is 63.6 Å². The molecule has 0 aromatic carbocycles. The van der Waals surface area contributed by atoms with E-state index >= 15 is 0 Å². The maximum Gasteiger partial charge on any atom is 0.331 e. The molecule has 0 unspecified atom stereocenters. The van der Waals surface area contributed by atoms with Gasteiger partial charge in [-0.25, -0.2) is 4.79 Å². The lowest BCUT2D eigenvalue weighted by molar-refractivity contribution is -0.132. The number of aryl methyl sites for hydroxylation is 1. The number of carbonyl (C=O) groups is 1. The van der Waals surface area contributed by atoms with E-state index in [2.05, 4.69) is 23.6 Å². The Labute approximate surface area is 120 Å². The summed E-state index contributed by atoms with van der Waals surface area (Å²) in [6, 6.07) is 0. The minimum atomic E-state index is -1.03. The highest BCUT2D eigenvalue weighted by atomic mass is 16.5. The van der Waals surface area contributed by atoms with Crippen LogP contribution in [0.2, 0.25) is 0 Å². The summed E-state index contributed by atoms with van der Waals surface area (Å²) in [5.74, 6) is -0.0427. The third-order valence-electron chi connectivity index (χ3n) is 3.18. The topological polar surface area (TPSA) is 76.2 Å². The summed E-state index contributed by atoms with van der Waals surface area (Å²) >= 11 is 0. The Balaban J connectivity index is 2.17. The van der Waals surface area contributed by atoms with Crippen molar-refractivity contribution >= 4 is 5.97 Å². The summed E-state index contributed by atoms with van der Waals surface area (Å²) in [5, 5.41) is 12.6. The van der Waals surface area contributed by atoms with Crippen molar-refractivity contribution in [2.75, 3.05) is 0 Å². The summed E-state index contributed by atoms with van der Waals surface area (Å²) in [6.45, 7) is 5.66. The van der Waals surface area contributed by atoms with Gasteiger partial charge in [0, 0.05) is 12.0 Å². The average Bonchev–Trinajstić information content (AvgIpc) is 2.85. The van der Waals surface area contributed by atoms with Crippen molar-refractivity contribution in [2.24, 2.45) is 0 Å². The lowest BCUT2D eigenvalue weighted by atomic mass is 10.1. The number of aliphatic carboxylic acids is 1. The van der Waals surface area contributed by atoms with E-state index in [1.165, 1.54) is 38.5 Å². The molecule has 0 saturated heterocycles. The monoisotopic (exact) mass is 280 g/mol. The first kappa shape index (κ1) is 16.4. The van der Waals surface area contributed by atoms with E-state index in [1.807, 2.05) is 0 Å². The fraction of sp³-hybridized carbons (Fsp3) is 0.667. The smallest absolute Gasteiger partial charge is 0.331 e. The normalized spacial score (nSPS) is 10.7. The number of carboxylic acids is 1. The summed E-state index contributed by atoms with van der Waals surface area (Å²) in [4.78, 5) is 14.8. The second-order valence-electron chi connectivity index (χ2n) is 5.06. The molecule has 0 aliphatic rings. The summed E-state index contributed by atoms with van der Waals surface area (Å²) in [7, 11) is 0. The molecular formula is C15H24N2O3. The molecule has 0 amide bonds. The number of unbranched alkanes of at least 4 members (excludes halogenated alkanes) is 6. The van der Waals surface area contributed by atoms with Crippen molar-refractivity contribution < 1.29 is 14.4 Å². The molecule has 112 valence electrons. The highest BCUT2D eigenvalue weighted by molar-refractivity contribution is 5.86. The van der Waals surface area contributed by atoms with Gasteiger partial charge in [-0.1, -0.05) is 57.2 Å². The van der Waals surface area contributed by atoms with Crippen LogP contribution in [0.25, 0.3) is 0 Å². The van der Waals surface area contributed by atoms with Crippen LogP contribution in [0.3, 0.4) is 0 Å². The predicted octanol–water partition coefficient (Wildman–Crippen LogP) is 3.55. The van der Waals surface area contributed by atoms with Crippen molar-refractivity contribution in [1.29, 1.82) is 0 Å². The lowest BCUT2D eigenvalue weighted by Crippen LogP contribution is -2.02. The van der Waals surface area contributed by atoms with E-state index in [-0.39, 0.29) is 12.0 Å². The van der Waals surface area contributed by atoms with Gasteiger partial charge in [-0.3, -0.25) is 0 Å².